The SMILES string of the molecule is Cn1c(=NC(=O)c2ccc(Cl)cc2)sc2ccccc21. The lowest BCUT2D eigenvalue weighted by molar-refractivity contribution is 0.0998. The van der Waals surface area contributed by atoms with E-state index in [4.69, 9.17) is 11.6 Å². The van der Waals surface area contributed by atoms with Gasteiger partial charge in [-0.25, -0.2) is 0 Å². The molecule has 20 heavy (non-hydrogen) atoms. The summed E-state index contributed by atoms with van der Waals surface area (Å²) >= 11 is 7.31. The third-order valence-electron chi connectivity index (χ3n) is 3.00. The molecule has 0 aliphatic carbocycles. The van der Waals surface area contributed by atoms with Gasteiger partial charge in [-0.05, 0) is 36.4 Å². The number of rotatable bonds is 1. The number of aromatic nitrogens is 1. The molecule has 0 atom stereocenters. The minimum absolute atomic E-state index is 0.260. The Morgan fingerprint density at radius 1 is 1.15 bits per heavy atom. The molecule has 3 rings (SSSR count). The van der Waals surface area contributed by atoms with E-state index < -0.39 is 0 Å². The van der Waals surface area contributed by atoms with E-state index in [1.54, 1.807) is 24.3 Å². The van der Waals surface area contributed by atoms with Crippen LogP contribution >= 0.6 is 22.9 Å². The van der Waals surface area contributed by atoms with Gasteiger partial charge in [0.05, 0.1) is 10.2 Å². The van der Waals surface area contributed by atoms with Crippen molar-refractivity contribution in [3.63, 3.8) is 0 Å². The van der Waals surface area contributed by atoms with Crippen molar-refractivity contribution in [2.45, 2.75) is 0 Å². The Kier molecular flexibility index (Phi) is 3.42. The van der Waals surface area contributed by atoms with Crippen molar-refractivity contribution in [2.75, 3.05) is 0 Å². The Morgan fingerprint density at radius 3 is 2.55 bits per heavy atom. The summed E-state index contributed by atoms with van der Waals surface area (Å²) in [5.74, 6) is -0.260. The van der Waals surface area contributed by atoms with E-state index in [1.807, 2.05) is 35.9 Å². The second-order valence-corrected chi connectivity index (χ2v) is 5.78. The van der Waals surface area contributed by atoms with Gasteiger partial charge in [-0.15, -0.1) is 0 Å². The zero-order chi connectivity index (χ0) is 14.1. The van der Waals surface area contributed by atoms with E-state index in [0.29, 0.717) is 15.4 Å². The Balaban J connectivity index is 2.08. The lowest BCUT2D eigenvalue weighted by Gasteiger charge is -1.96. The number of carbonyl (C=O) groups excluding carboxylic acids is 1. The Hall–Kier alpha value is -1.91. The van der Waals surface area contributed by atoms with Crippen molar-refractivity contribution in [3.05, 3.63) is 63.9 Å². The standard InChI is InChI=1S/C15H11ClN2OS/c1-18-12-4-2-3-5-13(12)20-15(18)17-14(19)10-6-8-11(16)9-7-10/h2-9H,1H3. The number of fused-ring (bicyclic) bond motifs is 1. The molecule has 100 valence electrons. The molecule has 0 aliphatic rings. The third kappa shape index (κ3) is 2.40. The lowest BCUT2D eigenvalue weighted by atomic mass is 10.2. The average Bonchev–Trinajstić information content (AvgIpc) is 2.77. The van der Waals surface area contributed by atoms with E-state index in [-0.39, 0.29) is 5.91 Å². The summed E-state index contributed by atoms with van der Waals surface area (Å²) in [6, 6.07) is 14.7. The second kappa shape index (κ2) is 5.23. The number of hydrogen-bond donors (Lipinski definition) is 0. The van der Waals surface area contributed by atoms with Crippen molar-refractivity contribution in [3.8, 4) is 0 Å². The van der Waals surface area contributed by atoms with Gasteiger partial charge in [0.2, 0.25) is 0 Å². The Labute approximate surface area is 124 Å². The number of nitrogens with zero attached hydrogens (tertiary/aromatic N) is 2. The number of halogens is 1. The monoisotopic (exact) mass is 302 g/mol. The highest BCUT2D eigenvalue weighted by Gasteiger charge is 2.06. The molecule has 0 saturated heterocycles. The molecule has 1 heterocycles. The summed E-state index contributed by atoms with van der Waals surface area (Å²) in [6.07, 6.45) is 0. The molecule has 0 spiro atoms. The van der Waals surface area contributed by atoms with E-state index in [0.717, 1.165) is 10.2 Å². The minimum atomic E-state index is -0.260. The molecule has 0 fully saturated rings. The van der Waals surface area contributed by atoms with Crippen molar-refractivity contribution in [2.24, 2.45) is 12.0 Å². The molecule has 3 nitrogen and oxygen atoms in total. The first-order valence-electron chi connectivity index (χ1n) is 6.04. The normalized spacial score (nSPS) is 12.0. The summed E-state index contributed by atoms with van der Waals surface area (Å²) in [6.45, 7) is 0. The minimum Gasteiger partial charge on any atom is -0.319 e. The molecular formula is C15H11ClN2OS. The van der Waals surface area contributed by atoms with Crippen LogP contribution in [0, 0.1) is 0 Å². The first-order valence-corrected chi connectivity index (χ1v) is 7.24. The lowest BCUT2D eigenvalue weighted by Crippen LogP contribution is -2.13. The topological polar surface area (TPSA) is 34.4 Å². The van der Waals surface area contributed by atoms with Crippen LogP contribution < -0.4 is 4.80 Å². The summed E-state index contributed by atoms with van der Waals surface area (Å²) in [5.41, 5.74) is 1.60. The van der Waals surface area contributed by atoms with Gasteiger partial charge in [0, 0.05) is 17.6 Å². The maximum absolute atomic E-state index is 12.1. The van der Waals surface area contributed by atoms with E-state index in [2.05, 4.69) is 4.99 Å². The van der Waals surface area contributed by atoms with Crippen LogP contribution in [0.4, 0.5) is 0 Å². The predicted octanol–water partition coefficient (Wildman–Crippen LogP) is 3.63. The predicted molar refractivity (Wildman–Crippen MR) is 82.1 cm³/mol. The fourth-order valence-electron chi connectivity index (χ4n) is 1.93. The van der Waals surface area contributed by atoms with Crippen molar-refractivity contribution < 1.29 is 4.79 Å². The highest BCUT2D eigenvalue weighted by Crippen LogP contribution is 2.15. The quantitative estimate of drug-likeness (QED) is 0.676. The molecule has 1 amide bonds. The van der Waals surface area contributed by atoms with E-state index in [1.165, 1.54) is 11.3 Å². The molecule has 0 N–H and O–H groups in total. The maximum Gasteiger partial charge on any atom is 0.279 e. The van der Waals surface area contributed by atoms with Crippen LogP contribution in [-0.4, -0.2) is 10.5 Å². The molecule has 3 aromatic rings. The van der Waals surface area contributed by atoms with Crippen molar-refractivity contribution in [1.82, 2.24) is 4.57 Å². The van der Waals surface area contributed by atoms with Crippen LogP contribution in [0.2, 0.25) is 5.02 Å². The van der Waals surface area contributed by atoms with Gasteiger partial charge in [0.1, 0.15) is 0 Å². The van der Waals surface area contributed by atoms with Gasteiger partial charge in [-0.2, -0.15) is 4.99 Å². The number of hydrogen-bond acceptors (Lipinski definition) is 2. The number of carbonyl (C=O) groups is 1. The highest BCUT2D eigenvalue weighted by molar-refractivity contribution is 7.16. The van der Waals surface area contributed by atoms with E-state index in [9.17, 15) is 4.79 Å². The third-order valence-corrected chi connectivity index (χ3v) is 4.37. The van der Waals surface area contributed by atoms with Crippen LogP contribution in [0.25, 0.3) is 10.2 Å². The van der Waals surface area contributed by atoms with E-state index >= 15 is 0 Å². The van der Waals surface area contributed by atoms with Gasteiger partial charge in [0.25, 0.3) is 5.91 Å². The molecule has 0 unspecified atom stereocenters. The van der Waals surface area contributed by atoms with Crippen molar-refractivity contribution >= 4 is 39.1 Å². The van der Waals surface area contributed by atoms with Crippen LogP contribution in [0.15, 0.2) is 53.5 Å². The average molecular weight is 303 g/mol. The molecule has 2 aromatic carbocycles. The van der Waals surface area contributed by atoms with Crippen LogP contribution in [0.3, 0.4) is 0 Å². The maximum atomic E-state index is 12.1. The fourth-order valence-corrected chi connectivity index (χ4v) is 3.07. The smallest absolute Gasteiger partial charge is 0.279 e. The Morgan fingerprint density at radius 2 is 1.85 bits per heavy atom. The van der Waals surface area contributed by atoms with Crippen LogP contribution in [0.1, 0.15) is 10.4 Å². The van der Waals surface area contributed by atoms with Gasteiger partial charge < -0.3 is 4.57 Å². The molecule has 0 saturated carbocycles. The fraction of sp³-hybridized carbons (Fsp3) is 0.0667. The van der Waals surface area contributed by atoms with Crippen molar-refractivity contribution in [1.29, 1.82) is 0 Å². The molecule has 0 radical (unpaired) electrons. The zero-order valence-corrected chi connectivity index (χ0v) is 12.3. The number of aryl methyl sites for hydroxylation is 1. The molecule has 0 aliphatic heterocycles. The van der Waals surface area contributed by atoms with Gasteiger partial charge in [0.15, 0.2) is 4.80 Å². The highest BCUT2D eigenvalue weighted by atomic mass is 35.5. The first-order chi connectivity index (χ1) is 9.65. The second-order valence-electron chi connectivity index (χ2n) is 4.34. The van der Waals surface area contributed by atoms with Crippen LogP contribution in [-0.2, 0) is 7.05 Å². The number of benzene rings is 2. The number of para-hydroxylation sites is 1. The zero-order valence-electron chi connectivity index (χ0n) is 10.7. The number of amides is 1. The van der Waals surface area contributed by atoms with Gasteiger partial charge in [-0.3, -0.25) is 4.79 Å². The molecular weight excluding hydrogens is 292 g/mol. The summed E-state index contributed by atoms with van der Waals surface area (Å²) in [7, 11) is 1.91. The molecule has 1 aromatic heterocycles. The largest absolute Gasteiger partial charge is 0.319 e. The van der Waals surface area contributed by atoms with Crippen LogP contribution in [0.5, 0.6) is 0 Å². The first kappa shape index (κ1) is 13.1. The summed E-state index contributed by atoms with van der Waals surface area (Å²) < 4.78 is 3.03. The number of thiazole rings is 1. The van der Waals surface area contributed by atoms with Gasteiger partial charge >= 0.3 is 0 Å². The molecule has 5 heteroatoms. The Bertz CT molecular complexity index is 846. The van der Waals surface area contributed by atoms with Gasteiger partial charge in [-0.1, -0.05) is 35.1 Å². The summed E-state index contributed by atoms with van der Waals surface area (Å²) in [4.78, 5) is 17.0. The summed E-state index contributed by atoms with van der Waals surface area (Å²) in [5, 5.41) is 0.606. The molecule has 0 bridgehead atoms.